The molecule has 0 fully saturated rings. The lowest BCUT2D eigenvalue weighted by Crippen LogP contribution is -2.38. The topological polar surface area (TPSA) is 76.1 Å². The number of hydrogen-bond acceptors (Lipinski definition) is 5. The van der Waals surface area contributed by atoms with Crippen LogP contribution in [0.5, 0.6) is 5.75 Å². The Morgan fingerprint density at radius 3 is 2.33 bits per heavy atom. The first-order valence-electron chi connectivity index (χ1n) is 6.66. The SMILES string of the molecule is COC(=O)CCN(CC(C)O)C(=O)c1ccc(OC)cc1. The number of aliphatic hydroxyl groups is 1. The molecule has 0 spiro atoms. The van der Waals surface area contributed by atoms with Crippen molar-refractivity contribution in [2.75, 3.05) is 27.3 Å². The van der Waals surface area contributed by atoms with Crippen LogP contribution in [0.3, 0.4) is 0 Å². The van der Waals surface area contributed by atoms with E-state index in [2.05, 4.69) is 4.74 Å². The summed E-state index contributed by atoms with van der Waals surface area (Å²) in [5.41, 5.74) is 0.473. The maximum absolute atomic E-state index is 12.4. The number of nitrogens with zero attached hydrogens (tertiary/aromatic N) is 1. The standard InChI is InChI=1S/C15H21NO5/c1-11(17)10-16(9-8-14(18)21-3)15(19)12-4-6-13(20-2)7-5-12/h4-7,11,17H,8-10H2,1-3H3. The first kappa shape index (κ1) is 17.0. The van der Waals surface area contributed by atoms with Gasteiger partial charge in [0.15, 0.2) is 0 Å². The average molecular weight is 295 g/mol. The Morgan fingerprint density at radius 2 is 1.86 bits per heavy atom. The van der Waals surface area contributed by atoms with E-state index >= 15 is 0 Å². The quantitative estimate of drug-likeness (QED) is 0.762. The molecule has 1 rings (SSSR count). The minimum atomic E-state index is -0.676. The van der Waals surface area contributed by atoms with Gasteiger partial charge in [0.2, 0.25) is 0 Å². The van der Waals surface area contributed by atoms with Crippen molar-refractivity contribution in [1.82, 2.24) is 4.90 Å². The van der Waals surface area contributed by atoms with Gasteiger partial charge in [0.25, 0.3) is 5.91 Å². The van der Waals surface area contributed by atoms with Gasteiger partial charge < -0.3 is 19.5 Å². The molecule has 0 aromatic heterocycles. The van der Waals surface area contributed by atoms with Gasteiger partial charge in [0.05, 0.1) is 26.7 Å². The fraction of sp³-hybridized carbons (Fsp3) is 0.467. The smallest absolute Gasteiger partial charge is 0.307 e. The lowest BCUT2D eigenvalue weighted by molar-refractivity contribution is -0.140. The number of methoxy groups -OCH3 is 2. The van der Waals surface area contributed by atoms with Gasteiger partial charge in [-0.1, -0.05) is 0 Å². The molecule has 0 aliphatic heterocycles. The Morgan fingerprint density at radius 1 is 1.24 bits per heavy atom. The molecule has 0 aliphatic rings. The van der Waals surface area contributed by atoms with E-state index in [-0.39, 0.29) is 25.4 Å². The van der Waals surface area contributed by atoms with Gasteiger partial charge in [0, 0.05) is 18.7 Å². The fourth-order valence-electron chi connectivity index (χ4n) is 1.84. The maximum atomic E-state index is 12.4. The van der Waals surface area contributed by atoms with Crippen LogP contribution in [0, 0.1) is 0 Å². The highest BCUT2D eigenvalue weighted by molar-refractivity contribution is 5.94. The number of aliphatic hydroxyl groups excluding tert-OH is 1. The maximum Gasteiger partial charge on any atom is 0.307 e. The lowest BCUT2D eigenvalue weighted by atomic mass is 10.1. The highest BCUT2D eigenvalue weighted by Crippen LogP contribution is 2.13. The second kappa shape index (κ2) is 8.26. The van der Waals surface area contributed by atoms with Crippen LogP contribution in [0.25, 0.3) is 0 Å². The summed E-state index contributed by atoms with van der Waals surface area (Å²) >= 11 is 0. The van der Waals surface area contributed by atoms with Gasteiger partial charge in [-0.2, -0.15) is 0 Å². The number of benzene rings is 1. The van der Waals surface area contributed by atoms with Crippen LogP contribution < -0.4 is 4.74 Å². The average Bonchev–Trinajstić information content (AvgIpc) is 2.50. The second-order valence-corrected chi connectivity index (χ2v) is 4.65. The van der Waals surface area contributed by atoms with E-state index in [0.29, 0.717) is 11.3 Å². The van der Waals surface area contributed by atoms with E-state index in [1.165, 1.54) is 12.0 Å². The van der Waals surface area contributed by atoms with Gasteiger partial charge in [-0.15, -0.1) is 0 Å². The molecule has 1 N–H and O–H groups in total. The predicted octanol–water partition coefficient (Wildman–Crippen LogP) is 1.08. The van der Waals surface area contributed by atoms with Crippen LogP contribution >= 0.6 is 0 Å². The molecular weight excluding hydrogens is 274 g/mol. The summed E-state index contributed by atoms with van der Waals surface area (Å²) in [6, 6.07) is 6.67. The highest BCUT2D eigenvalue weighted by Gasteiger charge is 2.18. The summed E-state index contributed by atoms with van der Waals surface area (Å²) in [6.45, 7) is 1.94. The Kier molecular flexibility index (Phi) is 6.68. The third-order valence-electron chi connectivity index (χ3n) is 2.92. The van der Waals surface area contributed by atoms with Crippen LogP contribution in [-0.4, -0.2) is 55.3 Å². The molecule has 0 radical (unpaired) electrons. The first-order valence-corrected chi connectivity index (χ1v) is 6.66. The Hall–Kier alpha value is -2.08. The molecule has 1 atom stereocenters. The summed E-state index contributed by atoms with van der Waals surface area (Å²) < 4.78 is 9.61. The van der Waals surface area contributed by atoms with E-state index in [4.69, 9.17) is 4.74 Å². The van der Waals surface area contributed by atoms with Crippen molar-refractivity contribution >= 4 is 11.9 Å². The molecule has 1 unspecified atom stereocenters. The number of carbonyl (C=O) groups is 2. The van der Waals surface area contributed by atoms with Gasteiger partial charge >= 0.3 is 5.97 Å². The van der Waals surface area contributed by atoms with Gasteiger partial charge in [0.1, 0.15) is 5.75 Å². The number of rotatable bonds is 7. The molecule has 0 saturated heterocycles. The van der Waals surface area contributed by atoms with Crippen LogP contribution in [0.15, 0.2) is 24.3 Å². The van der Waals surface area contributed by atoms with Crippen molar-refractivity contribution in [3.63, 3.8) is 0 Å². The van der Waals surface area contributed by atoms with E-state index in [0.717, 1.165) is 0 Å². The van der Waals surface area contributed by atoms with Crippen LogP contribution in [0.4, 0.5) is 0 Å². The normalized spacial score (nSPS) is 11.6. The van der Waals surface area contributed by atoms with Crippen molar-refractivity contribution in [2.45, 2.75) is 19.4 Å². The molecule has 0 saturated carbocycles. The van der Waals surface area contributed by atoms with Crippen LogP contribution in [0.1, 0.15) is 23.7 Å². The van der Waals surface area contributed by atoms with E-state index < -0.39 is 12.1 Å². The van der Waals surface area contributed by atoms with E-state index in [1.807, 2.05) is 0 Å². The number of carbonyl (C=O) groups excluding carboxylic acids is 2. The predicted molar refractivity (Wildman–Crippen MR) is 77.2 cm³/mol. The zero-order valence-electron chi connectivity index (χ0n) is 12.5. The second-order valence-electron chi connectivity index (χ2n) is 4.65. The zero-order valence-corrected chi connectivity index (χ0v) is 12.5. The summed E-state index contributed by atoms with van der Waals surface area (Å²) in [6.07, 6.45) is -0.588. The summed E-state index contributed by atoms with van der Waals surface area (Å²) in [7, 11) is 2.85. The molecule has 0 heterocycles. The number of esters is 1. The van der Waals surface area contributed by atoms with Gasteiger partial charge in [-0.25, -0.2) is 0 Å². The van der Waals surface area contributed by atoms with Gasteiger partial charge in [-0.05, 0) is 31.2 Å². The minimum absolute atomic E-state index is 0.0884. The fourth-order valence-corrected chi connectivity index (χ4v) is 1.84. The van der Waals surface area contributed by atoms with Crippen molar-refractivity contribution in [3.05, 3.63) is 29.8 Å². The number of amides is 1. The Labute approximate surface area is 124 Å². The molecule has 6 nitrogen and oxygen atoms in total. The lowest BCUT2D eigenvalue weighted by Gasteiger charge is -2.23. The van der Waals surface area contributed by atoms with Crippen molar-refractivity contribution in [1.29, 1.82) is 0 Å². The summed E-state index contributed by atoms with van der Waals surface area (Å²) in [5, 5.41) is 9.49. The largest absolute Gasteiger partial charge is 0.497 e. The molecule has 1 aromatic carbocycles. The van der Waals surface area contributed by atoms with Crippen LogP contribution in [-0.2, 0) is 9.53 Å². The Balaban J connectivity index is 2.79. The monoisotopic (exact) mass is 295 g/mol. The third kappa shape index (κ3) is 5.43. The molecule has 1 aromatic rings. The third-order valence-corrected chi connectivity index (χ3v) is 2.92. The van der Waals surface area contributed by atoms with Crippen LogP contribution in [0.2, 0.25) is 0 Å². The molecule has 0 aliphatic carbocycles. The molecule has 1 amide bonds. The van der Waals surface area contributed by atoms with E-state index in [1.54, 1.807) is 38.3 Å². The summed E-state index contributed by atoms with van der Waals surface area (Å²) in [4.78, 5) is 25.0. The van der Waals surface area contributed by atoms with Crippen molar-refractivity contribution in [3.8, 4) is 5.75 Å². The summed E-state index contributed by atoms with van der Waals surface area (Å²) in [5.74, 6) is 0.0127. The van der Waals surface area contributed by atoms with Crippen molar-refractivity contribution in [2.24, 2.45) is 0 Å². The molecule has 116 valence electrons. The van der Waals surface area contributed by atoms with Crippen molar-refractivity contribution < 1.29 is 24.2 Å². The number of ether oxygens (including phenoxy) is 2. The minimum Gasteiger partial charge on any atom is -0.497 e. The zero-order chi connectivity index (χ0) is 15.8. The van der Waals surface area contributed by atoms with Gasteiger partial charge in [-0.3, -0.25) is 9.59 Å². The Bertz CT molecular complexity index is 469. The molecule has 6 heteroatoms. The highest BCUT2D eigenvalue weighted by atomic mass is 16.5. The number of hydrogen-bond donors (Lipinski definition) is 1. The molecule has 21 heavy (non-hydrogen) atoms. The first-order chi connectivity index (χ1) is 9.97. The molecular formula is C15H21NO5. The van der Waals surface area contributed by atoms with E-state index in [9.17, 15) is 14.7 Å². The molecule has 0 bridgehead atoms.